The molecule has 1 aliphatic heterocycles. The van der Waals surface area contributed by atoms with Gasteiger partial charge in [-0.1, -0.05) is 24.3 Å². The van der Waals surface area contributed by atoms with E-state index < -0.39 is 0 Å². The fourth-order valence-electron chi connectivity index (χ4n) is 5.17. The third-order valence-electron chi connectivity index (χ3n) is 7.00. The average molecular weight is 450 g/mol. The summed E-state index contributed by atoms with van der Waals surface area (Å²) in [6, 6.07) is 13.8. The Kier molecular flexibility index (Phi) is 7.56. The molecule has 4 rings (SSSR count). The lowest BCUT2D eigenvalue weighted by molar-refractivity contribution is 0.0943. The molecule has 0 N–H and O–H groups in total. The van der Waals surface area contributed by atoms with Crippen LogP contribution in [-0.2, 0) is 26.6 Å². The Hall–Kier alpha value is -2.57. The van der Waals surface area contributed by atoms with Crippen molar-refractivity contribution in [1.29, 1.82) is 0 Å². The highest BCUT2D eigenvalue weighted by Crippen LogP contribution is 2.29. The number of hydrogen-bond donors (Lipinski definition) is 0. The molecule has 6 heteroatoms. The van der Waals surface area contributed by atoms with Crippen LogP contribution in [0.1, 0.15) is 41.1 Å². The molecule has 5 nitrogen and oxygen atoms in total. The van der Waals surface area contributed by atoms with Crippen molar-refractivity contribution in [2.75, 3.05) is 20.1 Å². The first-order valence-corrected chi connectivity index (χ1v) is 12.0. The van der Waals surface area contributed by atoms with E-state index in [1.54, 1.807) is 12.1 Å². The molecule has 1 saturated heterocycles. The molecule has 1 atom stereocenters. The Morgan fingerprint density at radius 3 is 2.48 bits per heavy atom. The van der Waals surface area contributed by atoms with E-state index in [2.05, 4.69) is 52.2 Å². The van der Waals surface area contributed by atoms with E-state index in [1.807, 2.05) is 36.9 Å². The van der Waals surface area contributed by atoms with Gasteiger partial charge in [0.05, 0.1) is 11.4 Å². The van der Waals surface area contributed by atoms with Gasteiger partial charge in [0.15, 0.2) is 0 Å². The number of halogens is 1. The number of piperidine rings is 1. The first kappa shape index (κ1) is 23.6. The van der Waals surface area contributed by atoms with E-state index in [1.165, 1.54) is 5.56 Å². The maximum absolute atomic E-state index is 14.6. The van der Waals surface area contributed by atoms with Crippen molar-refractivity contribution in [2.45, 2.75) is 52.2 Å². The molecule has 33 heavy (non-hydrogen) atoms. The molecule has 0 spiro atoms. The van der Waals surface area contributed by atoms with Crippen LogP contribution in [0.3, 0.4) is 0 Å². The Labute approximate surface area is 197 Å². The Morgan fingerprint density at radius 1 is 1.06 bits per heavy atom. The summed E-state index contributed by atoms with van der Waals surface area (Å²) in [6.07, 6.45) is 5.05. The van der Waals surface area contributed by atoms with Gasteiger partial charge in [0.2, 0.25) is 0 Å². The maximum Gasteiger partial charge on any atom is 0.126 e. The van der Waals surface area contributed by atoms with Crippen LogP contribution in [0.4, 0.5) is 4.39 Å². The zero-order chi connectivity index (χ0) is 23.4. The first-order chi connectivity index (χ1) is 15.9. The molecule has 3 heterocycles. The van der Waals surface area contributed by atoms with Gasteiger partial charge in [0.1, 0.15) is 5.82 Å². The summed E-state index contributed by atoms with van der Waals surface area (Å²) in [5, 5.41) is 4.51. The van der Waals surface area contributed by atoms with Crippen molar-refractivity contribution in [2.24, 2.45) is 13.0 Å². The van der Waals surface area contributed by atoms with Crippen LogP contribution < -0.4 is 0 Å². The number of likely N-dealkylation sites (N-methyl/N-ethyl adjacent to an activating group) is 1. The highest BCUT2D eigenvalue weighted by atomic mass is 19.1. The molecule has 0 radical (unpaired) electrons. The van der Waals surface area contributed by atoms with Gasteiger partial charge in [-0.15, -0.1) is 0 Å². The van der Waals surface area contributed by atoms with Crippen molar-refractivity contribution in [3.05, 3.63) is 82.7 Å². The summed E-state index contributed by atoms with van der Waals surface area (Å²) in [6.45, 7) is 7.93. The van der Waals surface area contributed by atoms with Gasteiger partial charge in [0.25, 0.3) is 0 Å². The van der Waals surface area contributed by atoms with Gasteiger partial charge in [-0.05, 0) is 82.9 Å². The number of aryl methyl sites for hydroxylation is 3. The predicted octanol–water partition coefficient (Wildman–Crippen LogP) is 4.53. The normalized spacial score (nSPS) is 16.4. The molecule has 1 aromatic carbocycles. The van der Waals surface area contributed by atoms with E-state index in [9.17, 15) is 4.39 Å². The highest BCUT2D eigenvalue weighted by Gasteiger charge is 2.30. The van der Waals surface area contributed by atoms with E-state index >= 15 is 0 Å². The molecular weight excluding hydrogens is 413 g/mol. The van der Waals surface area contributed by atoms with Crippen molar-refractivity contribution in [3.63, 3.8) is 0 Å². The zero-order valence-corrected chi connectivity index (χ0v) is 20.3. The molecule has 1 aliphatic rings. The number of hydrogen-bond acceptors (Lipinski definition) is 4. The number of benzene rings is 1. The average Bonchev–Trinajstić information content (AvgIpc) is 3.10. The molecule has 0 amide bonds. The second-order valence-corrected chi connectivity index (χ2v) is 9.58. The van der Waals surface area contributed by atoms with Crippen molar-refractivity contribution in [3.8, 4) is 0 Å². The minimum atomic E-state index is -0.101. The van der Waals surface area contributed by atoms with Gasteiger partial charge in [0, 0.05) is 43.6 Å². The molecule has 1 unspecified atom stereocenters. The Bertz CT molecular complexity index is 1050. The van der Waals surface area contributed by atoms with E-state index in [4.69, 9.17) is 0 Å². The SMILES string of the molecule is Cc1cccc(CN2CCC(C(Cc3ccccc3F)N(C)Cc3cn(C)nc3C)CC2)n1. The zero-order valence-electron chi connectivity index (χ0n) is 20.3. The lowest BCUT2D eigenvalue weighted by atomic mass is 9.84. The second kappa shape index (κ2) is 10.6. The lowest BCUT2D eigenvalue weighted by Gasteiger charge is -2.40. The molecule has 1 fully saturated rings. The molecule has 0 bridgehead atoms. The van der Waals surface area contributed by atoms with Gasteiger partial charge in [-0.2, -0.15) is 5.10 Å². The smallest absolute Gasteiger partial charge is 0.126 e. The molecule has 2 aromatic heterocycles. The summed E-state index contributed by atoms with van der Waals surface area (Å²) >= 11 is 0. The molecule has 0 aliphatic carbocycles. The van der Waals surface area contributed by atoms with Crippen LogP contribution in [0.5, 0.6) is 0 Å². The lowest BCUT2D eigenvalue weighted by Crippen LogP contribution is -2.45. The fraction of sp³-hybridized carbons (Fsp3) is 0.481. The minimum Gasteiger partial charge on any atom is -0.298 e. The first-order valence-electron chi connectivity index (χ1n) is 12.0. The molecule has 176 valence electrons. The van der Waals surface area contributed by atoms with Crippen LogP contribution in [-0.4, -0.2) is 50.7 Å². The number of rotatable bonds is 8. The highest BCUT2D eigenvalue weighted by molar-refractivity contribution is 5.20. The van der Waals surface area contributed by atoms with Gasteiger partial charge >= 0.3 is 0 Å². The third kappa shape index (κ3) is 6.06. The quantitative estimate of drug-likeness (QED) is 0.507. The Morgan fingerprint density at radius 2 is 1.82 bits per heavy atom. The van der Waals surface area contributed by atoms with Crippen LogP contribution in [0.2, 0.25) is 0 Å². The topological polar surface area (TPSA) is 37.2 Å². The summed E-state index contributed by atoms with van der Waals surface area (Å²) in [4.78, 5) is 9.59. The minimum absolute atomic E-state index is 0.101. The second-order valence-electron chi connectivity index (χ2n) is 9.58. The number of likely N-dealkylation sites (tertiary alicyclic amines) is 1. The van der Waals surface area contributed by atoms with Crippen molar-refractivity contribution < 1.29 is 4.39 Å². The molecular formula is C27H36FN5. The van der Waals surface area contributed by atoms with Gasteiger partial charge in [-0.25, -0.2) is 4.39 Å². The van der Waals surface area contributed by atoms with Crippen molar-refractivity contribution >= 4 is 0 Å². The van der Waals surface area contributed by atoms with E-state index in [0.29, 0.717) is 5.92 Å². The summed E-state index contributed by atoms with van der Waals surface area (Å²) in [5.74, 6) is 0.421. The predicted molar refractivity (Wildman–Crippen MR) is 130 cm³/mol. The van der Waals surface area contributed by atoms with Gasteiger partial charge < -0.3 is 0 Å². The summed E-state index contributed by atoms with van der Waals surface area (Å²) in [7, 11) is 4.15. The molecule has 0 saturated carbocycles. The summed E-state index contributed by atoms with van der Waals surface area (Å²) < 4.78 is 16.4. The third-order valence-corrected chi connectivity index (χ3v) is 7.00. The van der Waals surface area contributed by atoms with E-state index in [0.717, 1.165) is 68.1 Å². The maximum atomic E-state index is 14.6. The molecule has 3 aromatic rings. The van der Waals surface area contributed by atoms with Crippen LogP contribution in [0.25, 0.3) is 0 Å². The Balaban J connectivity index is 1.46. The van der Waals surface area contributed by atoms with E-state index in [-0.39, 0.29) is 11.9 Å². The number of nitrogens with zero attached hydrogens (tertiary/aromatic N) is 5. The van der Waals surface area contributed by atoms with Crippen LogP contribution in [0.15, 0.2) is 48.7 Å². The van der Waals surface area contributed by atoms with Crippen LogP contribution >= 0.6 is 0 Å². The van der Waals surface area contributed by atoms with Gasteiger partial charge in [-0.3, -0.25) is 19.5 Å². The summed E-state index contributed by atoms with van der Waals surface area (Å²) in [5.41, 5.74) is 5.32. The number of pyridine rings is 1. The van der Waals surface area contributed by atoms with Crippen LogP contribution in [0, 0.1) is 25.6 Å². The fourth-order valence-corrected chi connectivity index (χ4v) is 5.17. The monoisotopic (exact) mass is 449 g/mol. The number of aromatic nitrogens is 3. The largest absolute Gasteiger partial charge is 0.298 e. The van der Waals surface area contributed by atoms with Crippen molar-refractivity contribution in [1.82, 2.24) is 24.6 Å². The standard InChI is InChI=1S/C27H36FN5/c1-20-8-7-10-25(29-20)19-33-14-12-22(13-15-33)27(16-23-9-5-6-11-26(23)28)31(3)17-24-18-32(4)30-21(24)2/h5-11,18,22,27H,12-17,19H2,1-4H3.